The Hall–Kier alpha value is -2.06. The Labute approximate surface area is 138 Å². The van der Waals surface area contributed by atoms with E-state index in [1.54, 1.807) is 18.9 Å². The molecule has 2 unspecified atom stereocenters. The number of amides is 1. The maximum atomic E-state index is 12.1. The number of carbonyl (C=O) groups is 1. The van der Waals surface area contributed by atoms with E-state index < -0.39 is 0 Å². The predicted molar refractivity (Wildman–Crippen MR) is 87.1 cm³/mol. The first-order chi connectivity index (χ1) is 11.2. The van der Waals surface area contributed by atoms with Crippen molar-refractivity contribution < 1.29 is 14.1 Å². The lowest BCUT2D eigenvalue weighted by atomic mass is 10.2. The number of benzene rings is 1. The number of para-hydroxylation sites is 1. The average molecular weight is 334 g/mol. The van der Waals surface area contributed by atoms with Gasteiger partial charge in [-0.15, -0.1) is 11.8 Å². The molecular weight excluding hydrogens is 316 g/mol. The number of hydrogen-bond acceptors (Lipinski definition) is 7. The Balaban J connectivity index is 1.72. The number of nitrogens with one attached hydrogen (secondary N) is 2. The Bertz CT molecular complexity index is 685. The van der Waals surface area contributed by atoms with E-state index in [2.05, 4.69) is 20.8 Å². The second-order valence-electron chi connectivity index (χ2n) is 5.16. The normalized spacial score (nSPS) is 18.6. The van der Waals surface area contributed by atoms with Gasteiger partial charge in [-0.1, -0.05) is 17.3 Å². The molecule has 1 aliphatic rings. The predicted octanol–water partition coefficient (Wildman–Crippen LogP) is 1.58. The minimum absolute atomic E-state index is 0.0560. The topological polar surface area (TPSA) is 89.3 Å². The molecule has 0 aliphatic carbocycles. The smallest absolute Gasteiger partial charge is 0.249 e. The number of rotatable bonds is 5. The zero-order valence-corrected chi connectivity index (χ0v) is 13.7. The molecule has 0 spiro atoms. The van der Waals surface area contributed by atoms with Gasteiger partial charge in [0.05, 0.1) is 18.7 Å². The average Bonchev–Trinajstić information content (AvgIpc) is 3.26. The maximum absolute atomic E-state index is 12.1. The minimum atomic E-state index is -0.356. The van der Waals surface area contributed by atoms with E-state index in [0.717, 1.165) is 17.2 Å². The molecule has 0 saturated carbocycles. The fourth-order valence-electron chi connectivity index (χ4n) is 2.29. The van der Waals surface area contributed by atoms with Gasteiger partial charge in [0.15, 0.2) is 0 Å². The van der Waals surface area contributed by atoms with Crippen LogP contribution in [0.15, 0.2) is 28.8 Å². The molecule has 0 bridgehead atoms. The number of methoxy groups -OCH3 is 1. The molecule has 1 amide bonds. The van der Waals surface area contributed by atoms with E-state index >= 15 is 0 Å². The number of nitrogens with zero attached hydrogens (tertiary/aromatic N) is 2. The van der Waals surface area contributed by atoms with Crippen LogP contribution in [0.3, 0.4) is 0 Å². The summed E-state index contributed by atoms with van der Waals surface area (Å²) in [6.07, 6.45) is 0. The molecule has 8 heteroatoms. The number of hydrogen-bond donors (Lipinski definition) is 2. The first-order valence-electron chi connectivity index (χ1n) is 7.27. The van der Waals surface area contributed by atoms with E-state index in [9.17, 15) is 4.79 Å². The second kappa shape index (κ2) is 7.01. The third-order valence-corrected chi connectivity index (χ3v) is 4.49. The summed E-state index contributed by atoms with van der Waals surface area (Å²) in [4.78, 5) is 16.5. The summed E-state index contributed by atoms with van der Waals surface area (Å²) in [6, 6.07) is 6.92. The van der Waals surface area contributed by atoms with Crippen LogP contribution in [0.2, 0.25) is 0 Å². The molecule has 2 atom stereocenters. The van der Waals surface area contributed by atoms with Gasteiger partial charge < -0.3 is 14.6 Å². The number of thioether (sulfide) groups is 1. The SMILES string of the molecule is COc1ccccc1-c1noc(C(C)NC(=O)C2CSCN2)n1. The van der Waals surface area contributed by atoms with Gasteiger partial charge in [0, 0.05) is 11.6 Å². The molecule has 122 valence electrons. The van der Waals surface area contributed by atoms with Crippen LogP contribution in [0.5, 0.6) is 5.75 Å². The quantitative estimate of drug-likeness (QED) is 0.858. The highest BCUT2D eigenvalue weighted by Gasteiger charge is 2.26. The third-order valence-electron chi connectivity index (χ3n) is 3.55. The van der Waals surface area contributed by atoms with Gasteiger partial charge in [0.25, 0.3) is 0 Å². The van der Waals surface area contributed by atoms with Crippen molar-refractivity contribution in [1.82, 2.24) is 20.8 Å². The molecule has 2 aromatic rings. The van der Waals surface area contributed by atoms with E-state index in [-0.39, 0.29) is 18.0 Å². The molecule has 0 radical (unpaired) electrons. The van der Waals surface area contributed by atoms with Crippen LogP contribution in [0, 0.1) is 0 Å². The van der Waals surface area contributed by atoms with Gasteiger partial charge in [0.2, 0.25) is 17.6 Å². The van der Waals surface area contributed by atoms with Gasteiger partial charge >= 0.3 is 0 Å². The van der Waals surface area contributed by atoms with Crippen molar-refractivity contribution in [3.8, 4) is 17.1 Å². The molecule has 2 N–H and O–H groups in total. The summed E-state index contributed by atoms with van der Waals surface area (Å²) in [5, 5.41) is 10.0. The Kier molecular flexibility index (Phi) is 4.82. The lowest BCUT2D eigenvalue weighted by Crippen LogP contribution is -2.43. The first kappa shape index (κ1) is 15.8. The molecule has 23 heavy (non-hydrogen) atoms. The van der Waals surface area contributed by atoms with E-state index in [1.807, 2.05) is 31.2 Å². The van der Waals surface area contributed by atoms with E-state index in [4.69, 9.17) is 9.26 Å². The highest BCUT2D eigenvalue weighted by Crippen LogP contribution is 2.28. The zero-order chi connectivity index (χ0) is 16.2. The Morgan fingerprint density at radius 1 is 1.52 bits per heavy atom. The van der Waals surface area contributed by atoms with Crippen molar-refractivity contribution in [1.29, 1.82) is 0 Å². The van der Waals surface area contributed by atoms with Crippen LogP contribution in [-0.2, 0) is 4.79 Å². The standard InChI is InChI=1S/C15H18N4O3S/c1-9(17-14(20)11-7-23-8-16-11)15-18-13(19-22-15)10-5-3-4-6-12(10)21-2/h3-6,9,11,16H,7-8H2,1-2H3,(H,17,20). The fourth-order valence-corrected chi connectivity index (χ4v) is 3.23. The van der Waals surface area contributed by atoms with Gasteiger partial charge in [0.1, 0.15) is 11.8 Å². The van der Waals surface area contributed by atoms with Crippen LogP contribution < -0.4 is 15.4 Å². The fraction of sp³-hybridized carbons (Fsp3) is 0.400. The Morgan fingerprint density at radius 2 is 2.35 bits per heavy atom. The molecule has 1 aromatic carbocycles. The molecule has 2 heterocycles. The molecule has 1 aromatic heterocycles. The zero-order valence-electron chi connectivity index (χ0n) is 12.9. The van der Waals surface area contributed by atoms with Crippen LogP contribution in [-0.4, -0.2) is 40.8 Å². The number of carbonyl (C=O) groups excluding carboxylic acids is 1. The summed E-state index contributed by atoms with van der Waals surface area (Å²) in [6.45, 7) is 1.82. The van der Waals surface area contributed by atoms with Crippen LogP contribution in [0.4, 0.5) is 0 Å². The first-order valence-corrected chi connectivity index (χ1v) is 8.43. The van der Waals surface area contributed by atoms with Crippen molar-refractivity contribution in [2.75, 3.05) is 18.7 Å². The molecular formula is C15H18N4O3S. The summed E-state index contributed by atoms with van der Waals surface area (Å²) >= 11 is 1.70. The molecule has 1 aliphatic heterocycles. The second-order valence-corrected chi connectivity index (χ2v) is 6.19. The van der Waals surface area contributed by atoms with Crippen molar-refractivity contribution in [3.05, 3.63) is 30.2 Å². The largest absolute Gasteiger partial charge is 0.496 e. The molecule has 7 nitrogen and oxygen atoms in total. The van der Waals surface area contributed by atoms with Gasteiger partial charge in [-0.05, 0) is 19.1 Å². The van der Waals surface area contributed by atoms with Gasteiger partial charge in [-0.25, -0.2) is 0 Å². The van der Waals surface area contributed by atoms with Gasteiger partial charge in [-0.3, -0.25) is 10.1 Å². The van der Waals surface area contributed by atoms with Crippen molar-refractivity contribution >= 4 is 17.7 Å². The van der Waals surface area contributed by atoms with Crippen LogP contribution in [0.25, 0.3) is 11.4 Å². The highest BCUT2D eigenvalue weighted by atomic mass is 32.2. The van der Waals surface area contributed by atoms with Crippen LogP contribution in [0.1, 0.15) is 18.9 Å². The summed E-state index contributed by atoms with van der Waals surface area (Å²) in [7, 11) is 1.59. The van der Waals surface area contributed by atoms with Gasteiger partial charge in [-0.2, -0.15) is 4.98 Å². The lowest BCUT2D eigenvalue weighted by Gasteiger charge is -2.13. The van der Waals surface area contributed by atoms with Crippen molar-refractivity contribution in [2.45, 2.75) is 19.0 Å². The van der Waals surface area contributed by atoms with Crippen molar-refractivity contribution in [3.63, 3.8) is 0 Å². The maximum Gasteiger partial charge on any atom is 0.249 e. The molecule has 1 saturated heterocycles. The van der Waals surface area contributed by atoms with E-state index in [1.165, 1.54) is 0 Å². The summed E-state index contributed by atoms with van der Waals surface area (Å²) < 4.78 is 10.6. The minimum Gasteiger partial charge on any atom is -0.496 e. The Morgan fingerprint density at radius 3 is 3.09 bits per heavy atom. The lowest BCUT2D eigenvalue weighted by molar-refractivity contribution is -0.123. The molecule has 3 rings (SSSR count). The number of ether oxygens (including phenoxy) is 1. The molecule has 1 fully saturated rings. The highest BCUT2D eigenvalue weighted by molar-refractivity contribution is 7.99. The van der Waals surface area contributed by atoms with E-state index in [0.29, 0.717) is 17.5 Å². The third kappa shape index (κ3) is 3.48. The monoisotopic (exact) mass is 334 g/mol. The van der Waals surface area contributed by atoms with Crippen molar-refractivity contribution in [2.24, 2.45) is 0 Å². The summed E-state index contributed by atoms with van der Waals surface area (Å²) in [5.74, 6) is 2.99. The number of aromatic nitrogens is 2. The van der Waals surface area contributed by atoms with Crippen LogP contribution >= 0.6 is 11.8 Å². The summed E-state index contributed by atoms with van der Waals surface area (Å²) in [5.41, 5.74) is 0.748.